The average Bonchev–Trinajstić information content (AvgIpc) is 2.60. The number of benzene rings is 1. The first-order valence-electron chi connectivity index (χ1n) is 8.81. The van der Waals surface area contributed by atoms with Gasteiger partial charge in [-0.3, -0.25) is 4.79 Å². The van der Waals surface area contributed by atoms with Crippen molar-refractivity contribution >= 4 is 34.2 Å². The van der Waals surface area contributed by atoms with Crippen LogP contribution in [0.3, 0.4) is 0 Å². The number of nitrogens with one attached hydrogen (secondary N) is 2. The molecule has 132 valence electrons. The van der Waals surface area contributed by atoms with E-state index in [1.165, 1.54) is 6.07 Å². The maximum absolute atomic E-state index is 12.4. The van der Waals surface area contributed by atoms with Crippen molar-refractivity contribution in [2.75, 3.05) is 11.9 Å². The fourth-order valence-corrected chi connectivity index (χ4v) is 4.38. The smallest absolute Gasteiger partial charge is 0.336 e. The van der Waals surface area contributed by atoms with Crippen molar-refractivity contribution in [2.45, 2.75) is 37.1 Å². The molecule has 1 aromatic carbocycles. The van der Waals surface area contributed by atoms with E-state index in [0.29, 0.717) is 24.1 Å². The molecule has 2 aliphatic rings. The standard InChI is InChI=1S/C19H21ClN2O3/c20-14-2-4-16-12(8-14)7-13(19(24)22-16)10-21-15-3-5-17-11(9-15)1-6-18(23)25-17/h1,3,5-6,9,12-14,16,21H,2,4,7-8,10H2,(H,22,24). The molecule has 0 spiro atoms. The van der Waals surface area contributed by atoms with Gasteiger partial charge in [-0.15, -0.1) is 11.6 Å². The van der Waals surface area contributed by atoms with E-state index in [0.717, 1.165) is 36.8 Å². The number of piperidine rings is 1. The summed E-state index contributed by atoms with van der Waals surface area (Å²) in [6.07, 6.45) is 3.84. The van der Waals surface area contributed by atoms with Crippen molar-refractivity contribution in [3.63, 3.8) is 0 Å². The number of fused-ring (bicyclic) bond motifs is 2. The van der Waals surface area contributed by atoms with Crippen LogP contribution in [0, 0.1) is 11.8 Å². The zero-order chi connectivity index (χ0) is 17.4. The van der Waals surface area contributed by atoms with Crippen molar-refractivity contribution < 1.29 is 9.21 Å². The van der Waals surface area contributed by atoms with E-state index in [9.17, 15) is 9.59 Å². The van der Waals surface area contributed by atoms with Gasteiger partial charge < -0.3 is 15.1 Å². The molecule has 4 unspecified atom stereocenters. The first-order valence-corrected chi connectivity index (χ1v) is 9.24. The number of alkyl halides is 1. The summed E-state index contributed by atoms with van der Waals surface area (Å²) in [7, 11) is 0. The van der Waals surface area contributed by atoms with E-state index in [-0.39, 0.29) is 22.8 Å². The molecule has 5 nitrogen and oxygen atoms in total. The first kappa shape index (κ1) is 16.5. The SMILES string of the molecule is O=C1NC2CCC(Cl)CC2CC1CNc1ccc2oc(=O)ccc2c1. The fourth-order valence-electron chi connectivity index (χ4n) is 4.03. The molecule has 0 radical (unpaired) electrons. The summed E-state index contributed by atoms with van der Waals surface area (Å²) >= 11 is 6.30. The highest BCUT2D eigenvalue weighted by molar-refractivity contribution is 6.20. The Bertz CT molecular complexity index is 850. The average molecular weight is 361 g/mol. The summed E-state index contributed by atoms with van der Waals surface area (Å²) in [5.41, 5.74) is 1.12. The Morgan fingerprint density at radius 1 is 1.16 bits per heavy atom. The number of rotatable bonds is 3. The van der Waals surface area contributed by atoms with Crippen LogP contribution in [0.15, 0.2) is 39.5 Å². The number of hydrogen-bond donors (Lipinski definition) is 2. The van der Waals surface area contributed by atoms with Crippen LogP contribution >= 0.6 is 11.6 Å². The minimum absolute atomic E-state index is 0.0485. The number of halogens is 1. The number of carbonyl (C=O) groups excluding carboxylic acids is 1. The predicted octanol–water partition coefficient (Wildman–Crippen LogP) is 3.12. The second kappa shape index (κ2) is 6.71. The van der Waals surface area contributed by atoms with E-state index in [1.807, 2.05) is 12.1 Å². The van der Waals surface area contributed by atoms with Crippen molar-refractivity contribution in [3.05, 3.63) is 40.8 Å². The lowest BCUT2D eigenvalue weighted by Gasteiger charge is -2.41. The summed E-state index contributed by atoms with van der Waals surface area (Å²) in [5.74, 6) is 0.563. The Balaban J connectivity index is 1.43. The summed E-state index contributed by atoms with van der Waals surface area (Å²) < 4.78 is 5.14. The third-order valence-corrected chi connectivity index (χ3v) is 5.77. The van der Waals surface area contributed by atoms with E-state index >= 15 is 0 Å². The second-order valence-corrected chi connectivity index (χ2v) is 7.72. The molecule has 1 saturated carbocycles. The predicted molar refractivity (Wildman–Crippen MR) is 98.0 cm³/mol. The Hall–Kier alpha value is -2.01. The Kier molecular flexibility index (Phi) is 4.42. The molecule has 1 aliphatic carbocycles. The Labute approximate surface area is 150 Å². The molecule has 4 rings (SSSR count). The third kappa shape index (κ3) is 3.52. The molecular formula is C19H21ClN2O3. The maximum Gasteiger partial charge on any atom is 0.336 e. The quantitative estimate of drug-likeness (QED) is 0.651. The number of hydrogen-bond acceptors (Lipinski definition) is 4. The zero-order valence-electron chi connectivity index (χ0n) is 13.8. The van der Waals surface area contributed by atoms with Gasteiger partial charge in [0.15, 0.2) is 0 Å². The summed E-state index contributed by atoms with van der Waals surface area (Å²) in [4.78, 5) is 23.6. The van der Waals surface area contributed by atoms with Crippen LogP contribution in [0.4, 0.5) is 5.69 Å². The molecule has 1 aromatic heterocycles. The lowest BCUT2D eigenvalue weighted by molar-refractivity contribution is -0.129. The summed E-state index contributed by atoms with van der Waals surface area (Å²) in [6, 6.07) is 9.01. The minimum atomic E-state index is -0.355. The molecule has 1 amide bonds. The van der Waals surface area contributed by atoms with Gasteiger partial charge >= 0.3 is 5.63 Å². The molecule has 0 bridgehead atoms. The van der Waals surface area contributed by atoms with Gasteiger partial charge in [-0.05, 0) is 55.9 Å². The van der Waals surface area contributed by atoms with Gasteiger partial charge in [0.2, 0.25) is 5.91 Å². The molecule has 2 aromatic rings. The molecular weight excluding hydrogens is 340 g/mol. The van der Waals surface area contributed by atoms with Gasteiger partial charge in [0, 0.05) is 35.1 Å². The Morgan fingerprint density at radius 2 is 2.04 bits per heavy atom. The van der Waals surface area contributed by atoms with Crippen molar-refractivity contribution in [1.29, 1.82) is 0 Å². The first-order chi connectivity index (χ1) is 12.1. The topological polar surface area (TPSA) is 71.3 Å². The highest BCUT2D eigenvalue weighted by Gasteiger charge is 2.38. The molecule has 2 N–H and O–H groups in total. The van der Waals surface area contributed by atoms with E-state index < -0.39 is 0 Å². The highest BCUT2D eigenvalue weighted by atomic mass is 35.5. The summed E-state index contributed by atoms with van der Waals surface area (Å²) in [5, 5.41) is 7.61. The third-order valence-electron chi connectivity index (χ3n) is 5.38. The van der Waals surface area contributed by atoms with Crippen LogP contribution in [0.2, 0.25) is 0 Å². The molecule has 6 heteroatoms. The highest BCUT2D eigenvalue weighted by Crippen LogP contribution is 2.35. The van der Waals surface area contributed by atoms with Gasteiger partial charge in [0.25, 0.3) is 0 Å². The van der Waals surface area contributed by atoms with Crippen molar-refractivity contribution in [3.8, 4) is 0 Å². The molecule has 25 heavy (non-hydrogen) atoms. The number of carbonyl (C=O) groups is 1. The summed E-state index contributed by atoms with van der Waals surface area (Å²) in [6.45, 7) is 0.588. The van der Waals surface area contributed by atoms with Gasteiger partial charge in [-0.25, -0.2) is 4.79 Å². The molecule has 2 fully saturated rings. The van der Waals surface area contributed by atoms with Crippen molar-refractivity contribution in [2.24, 2.45) is 11.8 Å². The normalized spacial score (nSPS) is 29.1. The molecule has 1 saturated heterocycles. The fraction of sp³-hybridized carbons (Fsp3) is 0.474. The minimum Gasteiger partial charge on any atom is -0.423 e. The van der Waals surface area contributed by atoms with Crippen LogP contribution in [-0.2, 0) is 4.79 Å². The zero-order valence-corrected chi connectivity index (χ0v) is 14.6. The van der Waals surface area contributed by atoms with Crippen molar-refractivity contribution in [1.82, 2.24) is 5.32 Å². The second-order valence-electron chi connectivity index (χ2n) is 7.11. The van der Waals surface area contributed by atoms with Crippen LogP contribution in [-0.4, -0.2) is 23.9 Å². The molecule has 4 atom stereocenters. The van der Waals surface area contributed by atoms with Crippen LogP contribution in [0.1, 0.15) is 25.7 Å². The van der Waals surface area contributed by atoms with E-state index in [1.54, 1.807) is 12.1 Å². The van der Waals surface area contributed by atoms with Gasteiger partial charge in [0.1, 0.15) is 5.58 Å². The molecule has 2 heterocycles. The largest absolute Gasteiger partial charge is 0.423 e. The monoisotopic (exact) mass is 360 g/mol. The van der Waals surface area contributed by atoms with E-state index in [4.69, 9.17) is 16.0 Å². The Morgan fingerprint density at radius 3 is 2.92 bits per heavy atom. The van der Waals surface area contributed by atoms with Gasteiger partial charge in [0.05, 0.1) is 5.92 Å². The van der Waals surface area contributed by atoms with E-state index in [2.05, 4.69) is 10.6 Å². The maximum atomic E-state index is 12.4. The van der Waals surface area contributed by atoms with Crippen LogP contribution < -0.4 is 16.3 Å². The number of anilines is 1. The van der Waals surface area contributed by atoms with Crippen LogP contribution in [0.5, 0.6) is 0 Å². The molecule has 1 aliphatic heterocycles. The number of amides is 1. The lowest BCUT2D eigenvalue weighted by atomic mass is 9.75. The van der Waals surface area contributed by atoms with Gasteiger partial charge in [-0.1, -0.05) is 0 Å². The lowest BCUT2D eigenvalue weighted by Crippen LogP contribution is -2.53. The van der Waals surface area contributed by atoms with Gasteiger partial charge in [-0.2, -0.15) is 0 Å². The van der Waals surface area contributed by atoms with Crippen LogP contribution in [0.25, 0.3) is 11.0 Å².